The molecule has 2 aromatic rings. The lowest BCUT2D eigenvalue weighted by atomic mass is 9.93. The largest absolute Gasteiger partial charge is 0.444 e. The summed E-state index contributed by atoms with van der Waals surface area (Å²) >= 11 is 1.40. The number of carbonyl (C=O) groups is 2. The quantitative estimate of drug-likeness (QED) is 0.787. The summed E-state index contributed by atoms with van der Waals surface area (Å²) in [6.45, 7) is 11.6. The van der Waals surface area contributed by atoms with Crippen LogP contribution in [0.25, 0.3) is 0 Å². The molecular weight excluding hydrogens is 350 g/mol. The zero-order valence-corrected chi connectivity index (χ0v) is 16.8. The number of rotatable bonds is 3. The Balaban J connectivity index is 1.98. The van der Waals surface area contributed by atoms with Gasteiger partial charge in [-0.25, -0.2) is 9.78 Å². The molecule has 0 atom stereocenters. The topological polar surface area (TPSA) is 80.3 Å². The second-order valence-corrected chi connectivity index (χ2v) is 8.80. The molecule has 0 radical (unpaired) electrons. The molecular formula is C19H25N3O3S. The fourth-order valence-corrected chi connectivity index (χ4v) is 2.90. The van der Waals surface area contributed by atoms with Gasteiger partial charge < -0.3 is 4.74 Å². The molecule has 0 aliphatic carbocycles. The van der Waals surface area contributed by atoms with Gasteiger partial charge in [-0.3, -0.25) is 15.4 Å². The maximum absolute atomic E-state index is 12.3. The Morgan fingerprint density at radius 2 is 1.62 bits per heavy atom. The van der Waals surface area contributed by atoms with Crippen molar-refractivity contribution in [1.82, 2.24) is 4.98 Å². The van der Waals surface area contributed by atoms with Crippen LogP contribution in [0.15, 0.2) is 29.6 Å². The lowest BCUT2D eigenvalue weighted by molar-refractivity contribution is 0.0636. The first-order valence-electron chi connectivity index (χ1n) is 8.31. The van der Waals surface area contributed by atoms with Crippen molar-refractivity contribution in [3.05, 3.63) is 40.9 Å². The highest BCUT2D eigenvalue weighted by atomic mass is 32.1. The number of benzene rings is 1. The number of hydrogen-bond donors (Lipinski definition) is 2. The van der Waals surface area contributed by atoms with Crippen molar-refractivity contribution in [2.45, 2.75) is 52.6 Å². The van der Waals surface area contributed by atoms with E-state index in [1.807, 2.05) is 5.38 Å². The van der Waals surface area contributed by atoms with Gasteiger partial charge >= 0.3 is 6.09 Å². The van der Waals surface area contributed by atoms with Crippen LogP contribution in [0.2, 0.25) is 0 Å². The Morgan fingerprint density at radius 3 is 2.12 bits per heavy atom. The Bertz CT molecular complexity index is 784. The van der Waals surface area contributed by atoms with E-state index in [1.54, 1.807) is 45.0 Å². The molecule has 0 aliphatic rings. The van der Waals surface area contributed by atoms with Crippen LogP contribution in [-0.2, 0) is 10.2 Å². The number of nitrogens with one attached hydrogen (secondary N) is 2. The zero-order chi connectivity index (χ0) is 19.5. The van der Waals surface area contributed by atoms with Crippen LogP contribution in [-0.4, -0.2) is 22.6 Å². The first-order valence-corrected chi connectivity index (χ1v) is 9.19. The number of nitrogens with zero attached hydrogens (tertiary/aromatic N) is 1. The van der Waals surface area contributed by atoms with Crippen LogP contribution >= 0.6 is 11.3 Å². The van der Waals surface area contributed by atoms with Gasteiger partial charge in [0, 0.05) is 22.0 Å². The fraction of sp³-hybridized carbons (Fsp3) is 0.421. The number of amides is 2. The standard InChI is InChI=1S/C19H25N3O3S/c1-18(2,3)14-11-26-16(21-14)22-15(23)12-7-9-13(10-8-12)20-17(24)25-19(4,5)6/h7-11H,1-6H3,(H,20,24)(H,21,22,23). The van der Waals surface area contributed by atoms with Crippen LogP contribution in [0.1, 0.15) is 57.6 Å². The first kappa shape index (κ1) is 19.9. The van der Waals surface area contributed by atoms with Crippen LogP contribution in [0, 0.1) is 0 Å². The first-order chi connectivity index (χ1) is 11.9. The average Bonchev–Trinajstić information content (AvgIpc) is 2.94. The van der Waals surface area contributed by atoms with Gasteiger partial charge in [-0.2, -0.15) is 0 Å². The predicted octanol–water partition coefficient (Wildman–Crippen LogP) is 5.04. The molecule has 0 aliphatic heterocycles. The third kappa shape index (κ3) is 5.84. The van der Waals surface area contributed by atoms with Crippen LogP contribution in [0.4, 0.5) is 15.6 Å². The number of thiazole rings is 1. The molecule has 1 aromatic heterocycles. The van der Waals surface area contributed by atoms with E-state index in [2.05, 4.69) is 36.4 Å². The summed E-state index contributed by atoms with van der Waals surface area (Å²) in [7, 11) is 0. The zero-order valence-electron chi connectivity index (χ0n) is 16.0. The Kier molecular flexibility index (Phi) is 5.71. The van der Waals surface area contributed by atoms with E-state index in [1.165, 1.54) is 11.3 Å². The van der Waals surface area contributed by atoms with E-state index < -0.39 is 11.7 Å². The molecule has 0 unspecified atom stereocenters. The molecule has 140 valence electrons. The van der Waals surface area contributed by atoms with Gasteiger partial charge in [0.1, 0.15) is 5.60 Å². The highest BCUT2D eigenvalue weighted by Crippen LogP contribution is 2.26. The van der Waals surface area contributed by atoms with Gasteiger partial charge in [0.25, 0.3) is 5.91 Å². The third-order valence-electron chi connectivity index (χ3n) is 3.29. The summed E-state index contributed by atoms with van der Waals surface area (Å²) in [6.07, 6.45) is -0.535. The number of anilines is 2. The number of ether oxygens (including phenoxy) is 1. The predicted molar refractivity (Wildman–Crippen MR) is 105 cm³/mol. The average molecular weight is 375 g/mol. The summed E-state index contributed by atoms with van der Waals surface area (Å²) in [5.74, 6) is -0.247. The highest BCUT2D eigenvalue weighted by Gasteiger charge is 2.19. The maximum Gasteiger partial charge on any atom is 0.412 e. The van der Waals surface area contributed by atoms with Gasteiger partial charge in [0.05, 0.1) is 5.69 Å². The van der Waals surface area contributed by atoms with Crippen LogP contribution < -0.4 is 10.6 Å². The molecule has 0 saturated heterocycles. The summed E-state index contributed by atoms with van der Waals surface area (Å²) in [5, 5.41) is 7.94. The van der Waals surface area contributed by atoms with E-state index in [4.69, 9.17) is 4.74 Å². The van der Waals surface area contributed by atoms with E-state index in [0.29, 0.717) is 16.4 Å². The second kappa shape index (κ2) is 7.45. The van der Waals surface area contributed by atoms with Crippen molar-refractivity contribution in [1.29, 1.82) is 0 Å². The monoisotopic (exact) mass is 375 g/mol. The molecule has 0 spiro atoms. The summed E-state index contributed by atoms with van der Waals surface area (Å²) in [4.78, 5) is 28.5. The maximum atomic E-state index is 12.3. The SMILES string of the molecule is CC(C)(C)OC(=O)Nc1ccc(C(=O)Nc2nc(C(C)(C)C)cs2)cc1. The van der Waals surface area contributed by atoms with Crippen molar-refractivity contribution in [2.75, 3.05) is 10.6 Å². The molecule has 1 aromatic carbocycles. The molecule has 7 heteroatoms. The van der Waals surface area contributed by atoms with Gasteiger partial charge in [-0.05, 0) is 45.0 Å². The summed E-state index contributed by atoms with van der Waals surface area (Å²) < 4.78 is 5.19. The lowest BCUT2D eigenvalue weighted by Crippen LogP contribution is -2.27. The normalized spacial score (nSPS) is 11.8. The number of aromatic nitrogens is 1. The summed E-state index contributed by atoms with van der Waals surface area (Å²) in [6, 6.07) is 6.59. The molecule has 6 nitrogen and oxygen atoms in total. The highest BCUT2D eigenvalue weighted by molar-refractivity contribution is 7.14. The molecule has 0 bridgehead atoms. The number of hydrogen-bond acceptors (Lipinski definition) is 5. The van der Waals surface area contributed by atoms with E-state index in [-0.39, 0.29) is 11.3 Å². The minimum Gasteiger partial charge on any atom is -0.444 e. The molecule has 1 heterocycles. The van der Waals surface area contributed by atoms with Gasteiger partial charge in [0.2, 0.25) is 0 Å². The Labute approximate surface area is 158 Å². The minimum atomic E-state index is -0.566. The van der Waals surface area contributed by atoms with Crippen molar-refractivity contribution in [2.24, 2.45) is 0 Å². The van der Waals surface area contributed by atoms with E-state index in [9.17, 15) is 9.59 Å². The molecule has 2 amide bonds. The van der Waals surface area contributed by atoms with Crippen molar-refractivity contribution < 1.29 is 14.3 Å². The Hall–Kier alpha value is -2.41. The molecule has 0 fully saturated rings. The van der Waals surface area contributed by atoms with Crippen LogP contribution in [0.5, 0.6) is 0 Å². The number of carbonyl (C=O) groups excluding carboxylic acids is 2. The summed E-state index contributed by atoms with van der Waals surface area (Å²) in [5.41, 5.74) is 1.35. The lowest BCUT2D eigenvalue weighted by Gasteiger charge is -2.19. The molecule has 2 rings (SSSR count). The smallest absolute Gasteiger partial charge is 0.412 e. The fourth-order valence-electron chi connectivity index (χ4n) is 1.97. The van der Waals surface area contributed by atoms with Gasteiger partial charge in [0.15, 0.2) is 5.13 Å². The van der Waals surface area contributed by atoms with Crippen molar-refractivity contribution in [3.63, 3.8) is 0 Å². The van der Waals surface area contributed by atoms with E-state index in [0.717, 1.165) is 5.69 Å². The Morgan fingerprint density at radius 1 is 1.00 bits per heavy atom. The van der Waals surface area contributed by atoms with Crippen LogP contribution in [0.3, 0.4) is 0 Å². The van der Waals surface area contributed by atoms with Crippen molar-refractivity contribution >= 4 is 34.2 Å². The second-order valence-electron chi connectivity index (χ2n) is 7.95. The van der Waals surface area contributed by atoms with Gasteiger partial charge in [-0.1, -0.05) is 20.8 Å². The molecule has 26 heavy (non-hydrogen) atoms. The van der Waals surface area contributed by atoms with E-state index >= 15 is 0 Å². The molecule has 0 saturated carbocycles. The van der Waals surface area contributed by atoms with Crippen molar-refractivity contribution in [3.8, 4) is 0 Å². The third-order valence-corrected chi connectivity index (χ3v) is 4.04. The minimum absolute atomic E-state index is 0.0611. The van der Waals surface area contributed by atoms with Gasteiger partial charge in [-0.15, -0.1) is 11.3 Å². The molecule has 2 N–H and O–H groups in total.